The van der Waals surface area contributed by atoms with E-state index in [1.54, 1.807) is 19.4 Å². The molecule has 0 aliphatic carbocycles. The number of methoxy groups -OCH3 is 1. The van der Waals surface area contributed by atoms with Crippen molar-refractivity contribution in [2.45, 2.75) is 6.42 Å². The van der Waals surface area contributed by atoms with Gasteiger partial charge in [-0.25, -0.2) is 9.37 Å². The molecule has 2 aromatic carbocycles. The number of rotatable bonds is 9. The minimum absolute atomic E-state index is 0.0349. The van der Waals surface area contributed by atoms with Crippen LogP contribution in [0.25, 0.3) is 11.1 Å². The molecule has 0 saturated heterocycles. The third-order valence-corrected chi connectivity index (χ3v) is 4.73. The van der Waals surface area contributed by atoms with Crippen LogP contribution in [0.3, 0.4) is 0 Å². The second kappa shape index (κ2) is 10.2. The molecular formula is C22H25ClFN5O. The maximum atomic E-state index is 13.4. The number of anilines is 3. The highest BCUT2D eigenvalue weighted by Gasteiger charge is 2.14. The zero-order valence-electron chi connectivity index (χ0n) is 17.2. The second-order valence-corrected chi connectivity index (χ2v) is 7.40. The van der Waals surface area contributed by atoms with E-state index in [1.807, 2.05) is 38.4 Å². The first-order chi connectivity index (χ1) is 14.5. The number of nitrogens with zero attached hydrogens (tertiary/aromatic N) is 3. The van der Waals surface area contributed by atoms with E-state index in [4.69, 9.17) is 16.3 Å². The first kappa shape index (κ1) is 21.8. The molecule has 1 heterocycles. The molecular weight excluding hydrogens is 405 g/mol. The lowest BCUT2D eigenvalue weighted by atomic mass is 10.1. The molecule has 30 heavy (non-hydrogen) atoms. The Kier molecular flexibility index (Phi) is 7.43. The van der Waals surface area contributed by atoms with Gasteiger partial charge >= 0.3 is 0 Å². The minimum atomic E-state index is -0.474. The van der Waals surface area contributed by atoms with Crippen molar-refractivity contribution in [1.29, 1.82) is 0 Å². The molecule has 0 aliphatic heterocycles. The van der Waals surface area contributed by atoms with Gasteiger partial charge in [0.1, 0.15) is 17.4 Å². The molecule has 3 rings (SSSR count). The smallest absolute Gasteiger partial charge is 0.229 e. The Morgan fingerprint density at radius 2 is 1.93 bits per heavy atom. The summed E-state index contributed by atoms with van der Waals surface area (Å²) in [4.78, 5) is 11.2. The minimum Gasteiger partial charge on any atom is -0.496 e. The van der Waals surface area contributed by atoms with E-state index in [2.05, 4.69) is 25.5 Å². The first-order valence-corrected chi connectivity index (χ1v) is 9.97. The maximum absolute atomic E-state index is 13.4. The molecule has 0 unspecified atom stereocenters. The van der Waals surface area contributed by atoms with Crippen molar-refractivity contribution in [1.82, 2.24) is 14.9 Å². The lowest BCUT2D eigenvalue weighted by molar-refractivity contribution is 0.405. The summed E-state index contributed by atoms with van der Waals surface area (Å²) in [6.45, 7) is 1.71. The molecule has 0 atom stereocenters. The standard InChI is InChI=1S/C22H25ClFN5O/c1-29(2)12-6-11-25-21-17(16-7-4-5-8-20(16)30-3)14-26-22(28-21)27-15-9-10-19(24)18(23)13-15/h4-5,7-10,13-14H,6,11-12H2,1-3H3,(H2,25,26,27,28). The Morgan fingerprint density at radius 1 is 1.13 bits per heavy atom. The van der Waals surface area contributed by atoms with Gasteiger partial charge in [-0.2, -0.15) is 4.98 Å². The molecule has 0 fully saturated rings. The molecule has 0 amide bonds. The summed E-state index contributed by atoms with van der Waals surface area (Å²) in [5, 5.41) is 6.52. The van der Waals surface area contributed by atoms with Crippen molar-refractivity contribution in [3.05, 3.63) is 59.5 Å². The molecule has 158 valence electrons. The van der Waals surface area contributed by atoms with E-state index >= 15 is 0 Å². The van der Waals surface area contributed by atoms with E-state index in [-0.39, 0.29) is 5.02 Å². The molecule has 8 heteroatoms. The van der Waals surface area contributed by atoms with Gasteiger partial charge < -0.3 is 20.3 Å². The van der Waals surface area contributed by atoms with E-state index in [1.165, 1.54) is 12.1 Å². The Hall–Kier alpha value is -2.90. The Labute approximate surface area is 181 Å². The van der Waals surface area contributed by atoms with Crippen molar-refractivity contribution in [2.24, 2.45) is 0 Å². The topological polar surface area (TPSA) is 62.3 Å². The number of nitrogens with one attached hydrogen (secondary N) is 2. The number of hydrogen-bond acceptors (Lipinski definition) is 6. The van der Waals surface area contributed by atoms with E-state index < -0.39 is 5.82 Å². The van der Waals surface area contributed by atoms with Gasteiger partial charge in [-0.1, -0.05) is 29.8 Å². The van der Waals surface area contributed by atoms with Crippen molar-refractivity contribution >= 4 is 29.1 Å². The Bertz CT molecular complexity index is 999. The number of halogens is 2. The zero-order chi connectivity index (χ0) is 21.5. The predicted octanol–water partition coefficient (Wildman–Crippen LogP) is 5.05. The molecule has 0 aliphatic rings. The normalized spacial score (nSPS) is 10.9. The van der Waals surface area contributed by atoms with Gasteiger partial charge in [0.2, 0.25) is 5.95 Å². The average molecular weight is 430 g/mol. The van der Waals surface area contributed by atoms with Crippen LogP contribution in [0.5, 0.6) is 5.75 Å². The summed E-state index contributed by atoms with van der Waals surface area (Å²) in [5.74, 6) is 1.33. The molecule has 0 radical (unpaired) electrons. The fourth-order valence-corrected chi connectivity index (χ4v) is 3.13. The highest BCUT2D eigenvalue weighted by Crippen LogP contribution is 2.34. The lowest BCUT2D eigenvalue weighted by Gasteiger charge is -2.16. The van der Waals surface area contributed by atoms with Gasteiger partial charge in [0, 0.05) is 29.6 Å². The summed E-state index contributed by atoms with van der Waals surface area (Å²) in [6.07, 6.45) is 2.70. The van der Waals surface area contributed by atoms with Gasteiger partial charge in [0.05, 0.1) is 12.1 Å². The van der Waals surface area contributed by atoms with E-state index in [0.717, 1.165) is 36.4 Å². The molecule has 6 nitrogen and oxygen atoms in total. The molecule has 0 spiro atoms. The third kappa shape index (κ3) is 5.58. The van der Waals surface area contributed by atoms with Gasteiger partial charge in [-0.05, 0) is 51.3 Å². The lowest BCUT2D eigenvalue weighted by Crippen LogP contribution is -2.17. The SMILES string of the molecule is COc1ccccc1-c1cnc(Nc2ccc(F)c(Cl)c2)nc1NCCCN(C)C. The summed E-state index contributed by atoms with van der Waals surface area (Å²) in [5.41, 5.74) is 2.33. The molecule has 2 N–H and O–H groups in total. The van der Waals surface area contributed by atoms with Gasteiger partial charge in [0.25, 0.3) is 0 Å². The number of benzene rings is 2. The first-order valence-electron chi connectivity index (χ1n) is 9.59. The molecule has 0 bridgehead atoms. The monoisotopic (exact) mass is 429 g/mol. The van der Waals surface area contributed by atoms with Crippen molar-refractivity contribution in [3.63, 3.8) is 0 Å². The van der Waals surface area contributed by atoms with Crippen LogP contribution in [0.4, 0.5) is 21.8 Å². The van der Waals surface area contributed by atoms with Crippen LogP contribution in [0.15, 0.2) is 48.7 Å². The molecule has 0 saturated carbocycles. The number of aromatic nitrogens is 2. The maximum Gasteiger partial charge on any atom is 0.229 e. The van der Waals surface area contributed by atoms with Crippen LogP contribution in [-0.4, -0.2) is 49.2 Å². The second-order valence-electron chi connectivity index (χ2n) is 6.99. The van der Waals surface area contributed by atoms with Gasteiger partial charge in [0.15, 0.2) is 0 Å². The summed E-state index contributed by atoms with van der Waals surface area (Å²) >= 11 is 5.87. The van der Waals surface area contributed by atoms with Crippen molar-refractivity contribution in [2.75, 3.05) is 44.9 Å². The predicted molar refractivity (Wildman–Crippen MR) is 120 cm³/mol. The van der Waals surface area contributed by atoms with E-state index in [9.17, 15) is 4.39 Å². The number of hydrogen-bond donors (Lipinski definition) is 2. The van der Waals surface area contributed by atoms with Crippen LogP contribution < -0.4 is 15.4 Å². The van der Waals surface area contributed by atoms with Gasteiger partial charge in [-0.3, -0.25) is 0 Å². The molecule has 3 aromatic rings. The zero-order valence-corrected chi connectivity index (χ0v) is 18.0. The van der Waals surface area contributed by atoms with Crippen LogP contribution >= 0.6 is 11.6 Å². The number of ether oxygens (including phenoxy) is 1. The van der Waals surface area contributed by atoms with Crippen LogP contribution in [0.2, 0.25) is 5.02 Å². The fraction of sp³-hybridized carbons (Fsp3) is 0.273. The van der Waals surface area contributed by atoms with Crippen LogP contribution in [0, 0.1) is 5.82 Å². The van der Waals surface area contributed by atoms with Crippen LogP contribution in [0.1, 0.15) is 6.42 Å². The largest absolute Gasteiger partial charge is 0.496 e. The summed E-state index contributed by atoms with van der Waals surface area (Å²) < 4.78 is 18.9. The fourth-order valence-electron chi connectivity index (χ4n) is 2.95. The van der Waals surface area contributed by atoms with Crippen molar-refractivity contribution < 1.29 is 9.13 Å². The third-order valence-electron chi connectivity index (χ3n) is 4.44. The van der Waals surface area contributed by atoms with E-state index in [0.29, 0.717) is 17.5 Å². The summed E-state index contributed by atoms with van der Waals surface area (Å²) in [6, 6.07) is 12.1. The highest BCUT2D eigenvalue weighted by molar-refractivity contribution is 6.31. The van der Waals surface area contributed by atoms with Crippen molar-refractivity contribution in [3.8, 4) is 16.9 Å². The average Bonchev–Trinajstić information content (AvgIpc) is 2.74. The van der Waals surface area contributed by atoms with Gasteiger partial charge in [-0.15, -0.1) is 0 Å². The quantitative estimate of drug-likeness (QED) is 0.464. The highest BCUT2D eigenvalue weighted by atomic mass is 35.5. The Morgan fingerprint density at radius 3 is 2.67 bits per heavy atom. The summed E-state index contributed by atoms with van der Waals surface area (Å²) in [7, 11) is 5.72. The number of para-hydroxylation sites is 1. The molecule has 1 aromatic heterocycles. The van der Waals surface area contributed by atoms with Crippen LogP contribution in [-0.2, 0) is 0 Å². The Balaban J connectivity index is 1.90.